The van der Waals surface area contributed by atoms with E-state index in [1.54, 1.807) is 0 Å². The second-order valence-electron chi connectivity index (χ2n) is 11.0. The standard InChI is InChI=1S/C42H28/c1-2-13-32(14-3-1)39-24-25-40(36-21-18-29-10-4-7-15-33(29)26-36)42(38-23-20-31-12-6-9-17-35(31)28-38)41(39)37-22-19-30-11-5-8-16-34(30)27-37/h1-28H. The molecule has 0 atom stereocenters. The van der Waals surface area contributed by atoms with Crippen molar-refractivity contribution in [3.8, 4) is 44.5 Å². The van der Waals surface area contributed by atoms with E-state index >= 15 is 0 Å². The molecule has 8 aromatic rings. The lowest BCUT2D eigenvalue weighted by Gasteiger charge is -2.21. The summed E-state index contributed by atoms with van der Waals surface area (Å²) < 4.78 is 0. The van der Waals surface area contributed by atoms with Gasteiger partial charge in [-0.15, -0.1) is 0 Å². The molecular weight excluding hydrogens is 504 g/mol. The highest BCUT2D eigenvalue weighted by molar-refractivity contribution is 6.05. The molecule has 0 heterocycles. The van der Waals surface area contributed by atoms with E-state index in [1.165, 1.54) is 76.8 Å². The smallest absolute Gasteiger partial charge is 0.00203 e. The van der Waals surface area contributed by atoms with E-state index in [1.807, 2.05) is 0 Å². The minimum absolute atomic E-state index is 1.22. The van der Waals surface area contributed by atoms with Crippen LogP contribution in [0.4, 0.5) is 0 Å². The van der Waals surface area contributed by atoms with Gasteiger partial charge in [0.15, 0.2) is 0 Å². The molecule has 8 aromatic carbocycles. The molecule has 0 radical (unpaired) electrons. The lowest BCUT2D eigenvalue weighted by atomic mass is 9.82. The Morgan fingerprint density at radius 1 is 0.214 bits per heavy atom. The summed E-state index contributed by atoms with van der Waals surface area (Å²) in [5.74, 6) is 0. The van der Waals surface area contributed by atoms with Crippen molar-refractivity contribution in [2.24, 2.45) is 0 Å². The lowest BCUT2D eigenvalue weighted by molar-refractivity contribution is 1.56. The minimum atomic E-state index is 1.22. The Balaban J connectivity index is 1.50. The van der Waals surface area contributed by atoms with Crippen molar-refractivity contribution < 1.29 is 0 Å². The van der Waals surface area contributed by atoms with Gasteiger partial charge < -0.3 is 0 Å². The Labute approximate surface area is 246 Å². The van der Waals surface area contributed by atoms with Gasteiger partial charge in [-0.25, -0.2) is 0 Å². The highest BCUT2D eigenvalue weighted by atomic mass is 14.2. The van der Waals surface area contributed by atoms with E-state index in [0.29, 0.717) is 0 Å². The zero-order valence-corrected chi connectivity index (χ0v) is 23.2. The number of rotatable bonds is 4. The summed E-state index contributed by atoms with van der Waals surface area (Å²) in [5.41, 5.74) is 9.86. The van der Waals surface area contributed by atoms with Crippen LogP contribution in [-0.4, -0.2) is 0 Å². The predicted octanol–water partition coefficient (Wildman–Crippen LogP) is 11.8. The molecule has 0 aliphatic carbocycles. The van der Waals surface area contributed by atoms with Crippen molar-refractivity contribution in [2.45, 2.75) is 0 Å². The van der Waals surface area contributed by atoms with E-state index in [-0.39, 0.29) is 0 Å². The summed E-state index contributed by atoms with van der Waals surface area (Å²) in [4.78, 5) is 0. The summed E-state index contributed by atoms with van der Waals surface area (Å²) in [7, 11) is 0. The molecule has 0 saturated heterocycles. The molecule has 0 aliphatic rings. The van der Waals surface area contributed by atoms with Crippen molar-refractivity contribution in [1.82, 2.24) is 0 Å². The zero-order chi connectivity index (χ0) is 27.9. The van der Waals surface area contributed by atoms with E-state index in [2.05, 4.69) is 170 Å². The van der Waals surface area contributed by atoms with Gasteiger partial charge in [-0.1, -0.05) is 152 Å². The Morgan fingerprint density at radius 2 is 0.571 bits per heavy atom. The monoisotopic (exact) mass is 532 g/mol. The maximum absolute atomic E-state index is 2.36. The van der Waals surface area contributed by atoms with Crippen LogP contribution >= 0.6 is 0 Å². The zero-order valence-electron chi connectivity index (χ0n) is 23.2. The van der Waals surface area contributed by atoms with Crippen LogP contribution in [-0.2, 0) is 0 Å². The van der Waals surface area contributed by atoms with E-state index < -0.39 is 0 Å². The number of hydrogen-bond donors (Lipinski definition) is 0. The third-order valence-corrected chi connectivity index (χ3v) is 8.43. The van der Waals surface area contributed by atoms with Gasteiger partial charge in [-0.05, 0) is 95.0 Å². The topological polar surface area (TPSA) is 0 Å². The van der Waals surface area contributed by atoms with E-state index in [9.17, 15) is 0 Å². The van der Waals surface area contributed by atoms with Gasteiger partial charge >= 0.3 is 0 Å². The Bertz CT molecular complexity index is 2240. The van der Waals surface area contributed by atoms with Crippen molar-refractivity contribution in [1.29, 1.82) is 0 Å². The van der Waals surface area contributed by atoms with Gasteiger partial charge in [-0.2, -0.15) is 0 Å². The molecule has 0 saturated carbocycles. The molecular formula is C42H28. The number of benzene rings is 8. The third-order valence-electron chi connectivity index (χ3n) is 8.43. The van der Waals surface area contributed by atoms with Crippen LogP contribution in [0, 0.1) is 0 Å². The molecule has 0 nitrogen and oxygen atoms in total. The van der Waals surface area contributed by atoms with Crippen LogP contribution < -0.4 is 0 Å². The maximum Gasteiger partial charge on any atom is -0.00203 e. The largest absolute Gasteiger partial charge is 0.0622 e. The molecule has 8 rings (SSSR count). The fourth-order valence-electron chi connectivity index (χ4n) is 6.35. The molecule has 0 aromatic heterocycles. The van der Waals surface area contributed by atoms with Crippen molar-refractivity contribution in [2.75, 3.05) is 0 Å². The highest BCUT2D eigenvalue weighted by Crippen LogP contribution is 2.47. The molecule has 42 heavy (non-hydrogen) atoms. The summed E-state index contributed by atoms with van der Waals surface area (Å²) in [5, 5.41) is 7.49. The van der Waals surface area contributed by atoms with Crippen LogP contribution in [0.3, 0.4) is 0 Å². The van der Waals surface area contributed by atoms with Gasteiger partial charge in [-0.3, -0.25) is 0 Å². The Kier molecular flexibility index (Phi) is 5.90. The second-order valence-corrected chi connectivity index (χ2v) is 11.0. The second kappa shape index (κ2) is 10.2. The van der Waals surface area contributed by atoms with Gasteiger partial charge in [0.25, 0.3) is 0 Å². The molecule has 0 aliphatic heterocycles. The summed E-state index contributed by atoms with van der Waals surface area (Å²) in [6.07, 6.45) is 0. The molecule has 0 unspecified atom stereocenters. The van der Waals surface area contributed by atoms with Gasteiger partial charge in [0.1, 0.15) is 0 Å². The maximum atomic E-state index is 2.36. The average Bonchev–Trinajstić information content (AvgIpc) is 3.07. The normalized spacial score (nSPS) is 11.3. The molecule has 196 valence electrons. The van der Waals surface area contributed by atoms with Crippen molar-refractivity contribution >= 4 is 32.3 Å². The third kappa shape index (κ3) is 4.26. The van der Waals surface area contributed by atoms with Gasteiger partial charge in [0.05, 0.1) is 0 Å². The van der Waals surface area contributed by atoms with E-state index in [0.717, 1.165) is 0 Å². The first-order chi connectivity index (χ1) is 20.8. The highest BCUT2D eigenvalue weighted by Gasteiger charge is 2.20. The predicted molar refractivity (Wildman–Crippen MR) is 181 cm³/mol. The molecule has 0 heteroatoms. The first kappa shape index (κ1) is 24.3. The van der Waals surface area contributed by atoms with Crippen LogP contribution in [0.15, 0.2) is 170 Å². The van der Waals surface area contributed by atoms with Crippen molar-refractivity contribution in [3.63, 3.8) is 0 Å². The quantitative estimate of drug-likeness (QED) is 0.211. The Morgan fingerprint density at radius 3 is 1.05 bits per heavy atom. The fourth-order valence-corrected chi connectivity index (χ4v) is 6.35. The van der Waals surface area contributed by atoms with Crippen LogP contribution in [0.25, 0.3) is 76.8 Å². The molecule has 0 N–H and O–H groups in total. The van der Waals surface area contributed by atoms with Crippen LogP contribution in [0.2, 0.25) is 0 Å². The SMILES string of the molecule is c1ccc(-c2ccc(-c3ccc4ccccc4c3)c(-c3ccc4ccccc4c3)c2-c2ccc3ccccc3c2)cc1. The first-order valence-electron chi connectivity index (χ1n) is 14.5. The number of fused-ring (bicyclic) bond motifs is 3. The van der Waals surface area contributed by atoms with Crippen LogP contribution in [0.1, 0.15) is 0 Å². The minimum Gasteiger partial charge on any atom is -0.0622 e. The summed E-state index contributed by atoms with van der Waals surface area (Å²) in [6, 6.07) is 62.0. The lowest BCUT2D eigenvalue weighted by Crippen LogP contribution is -1.95. The summed E-state index contributed by atoms with van der Waals surface area (Å²) in [6.45, 7) is 0. The van der Waals surface area contributed by atoms with Gasteiger partial charge in [0, 0.05) is 0 Å². The average molecular weight is 533 g/mol. The molecule has 0 fully saturated rings. The molecule has 0 amide bonds. The summed E-state index contributed by atoms with van der Waals surface area (Å²) >= 11 is 0. The van der Waals surface area contributed by atoms with Gasteiger partial charge in [0.2, 0.25) is 0 Å². The number of hydrogen-bond acceptors (Lipinski definition) is 0. The van der Waals surface area contributed by atoms with Crippen LogP contribution in [0.5, 0.6) is 0 Å². The Hall–Kier alpha value is -5.46. The van der Waals surface area contributed by atoms with Crippen molar-refractivity contribution in [3.05, 3.63) is 170 Å². The fraction of sp³-hybridized carbons (Fsp3) is 0. The molecule has 0 spiro atoms. The first-order valence-corrected chi connectivity index (χ1v) is 14.5. The molecule has 0 bridgehead atoms. The van der Waals surface area contributed by atoms with E-state index in [4.69, 9.17) is 0 Å².